The molecule has 0 aromatic rings. The molecule has 0 N–H and O–H groups in total. The van der Waals surface area contributed by atoms with Crippen LogP contribution in [0.2, 0.25) is 0 Å². The maximum absolute atomic E-state index is 5.69. The number of halogens is 1. The van der Waals surface area contributed by atoms with Crippen molar-refractivity contribution >= 4 is 17.8 Å². The normalized spacial score (nSPS) is 30.2. The van der Waals surface area contributed by atoms with Crippen molar-refractivity contribution in [3.63, 3.8) is 0 Å². The highest BCUT2D eigenvalue weighted by atomic mass is 35.5. The molecule has 3 heteroatoms. The molecule has 0 aromatic carbocycles. The van der Waals surface area contributed by atoms with Gasteiger partial charge in [0.25, 0.3) is 0 Å². The Morgan fingerprint density at radius 2 is 2.50 bits per heavy atom. The highest BCUT2D eigenvalue weighted by molar-refractivity contribution is 6.28. The first-order valence-corrected chi connectivity index (χ1v) is 3.72. The van der Waals surface area contributed by atoms with Crippen molar-refractivity contribution in [3.8, 4) is 0 Å². The van der Waals surface area contributed by atoms with Crippen LogP contribution < -0.4 is 0 Å². The van der Waals surface area contributed by atoms with Crippen LogP contribution >= 0.6 is 11.6 Å². The second-order valence-electron chi connectivity index (χ2n) is 2.33. The smallest absolute Gasteiger partial charge is 0.223 e. The van der Waals surface area contributed by atoms with Crippen LogP contribution in [0.3, 0.4) is 0 Å². The lowest BCUT2D eigenvalue weighted by molar-refractivity contribution is 0.248. The van der Waals surface area contributed by atoms with Gasteiger partial charge < -0.3 is 4.84 Å². The predicted octanol–water partition coefficient (Wildman–Crippen LogP) is 2.64. The highest BCUT2D eigenvalue weighted by Gasteiger charge is 2.02. The zero-order chi connectivity index (χ0) is 7.40. The van der Waals surface area contributed by atoms with Gasteiger partial charge in [0.1, 0.15) is 0 Å². The highest BCUT2D eigenvalue weighted by Crippen LogP contribution is 2.18. The molecule has 0 aromatic heterocycles. The summed E-state index contributed by atoms with van der Waals surface area (Å²) in [6.07, 6.45) is 4.83. The third-order valence-corrected chi connectivity index (χ3v) is 1.82. The van der Waals surface area contributed by atoms with Crippen LogP contribution in [0.1, 0.15) is 26.2 Å². The van der Waals surface area contributed by atoms with Crippen LogP contribution in [-0.4, -0.2) is 6.21 Å². The minimum Gasteiger partial charge on any atom is -0.345 e. The molecular formula is C7H10ClNO. The van der Waals surface area contributed by atoms with E-state index in [0.717, 1.165) is 24.8 Å². The fourth-order valence-electron chi connectivity index (χ4n) is 0.771. The van der Waals surface area contributed by atoms with E-state index in [9.17, 15) is 0 Å². The Morgan fingerprint density at radius 1 is 1.70 bits per heavy atom. The Kier molecular flexibility index (Phi) is 2.75. The molecule has 1 aliphatic heterocycles. The SMILES string of the molecule is C/C1=C(\Cl)O/N=C/CCC1. The molecule has 0 saturated heterocycles. The zero-order valence-electron chi connectivity index (χ0n) is 5.93. The fraction of sp³-hybridized carbons (Fsp3) is 0.571. The monoisotopic (exact) mass is 159 g/mol. The number of nitrogens with zero attached hydrogens (tertiary/aromatic N) is 1. The summed E-state index contributed by atoms with van der Waals surface area (Å²) in [6.45, 7) is 1.96. The van der Waals surface area contributed by atoms with E-state index in [1.54, 1.807) is 6.21 Å². The topological polar surface area (TPSA) is 21.6 Å². The number of hydrogen-bond acceptors (Lipinski definition) is 2. The minimum absolute atomic E-state index is 0.427. The van der Waals surface area contributed by atoms with Crippen molar-refractivity contribution in [3.05, 3.63) is 10.8 Å². The van der Waals surface area contributed by atoms with Gasteiger partial charge in [-0.05, 0) is 43.4 Å². The first kappa shape index (κ1) is 7.61. The van der Waals surface area contributed by atoms with Gasteiger partial charge in [0.2, 0.25) is 5.22 Å². The van der Waals surface area contributed by atoms with Crippen molar-refractivity contribution < 1.29 is 4.84 Å². The van der Waals surface area contributed by atoms with Crippen LogP contribution in [0.4, 0.5) is 0 Å². The van der Waals surface area contributed by atoms with Crippen molar-refractivity contribution in [2.75, 3.05) is 0 Å². The Bertz CT molecular complexity index is 174. The summed E-state index contributed by atoms with van der Waals surface area (Å²) in [5.74, 6) is 0. The van der Waals surface area contributed by atoms with E-state index in [2.05, 4.69) is 5.16 Å². The molecule has 1 rings (SSSR count). The van der Waals surface area contributed by atoms with Gasteiger partial charge in [0, 0.05) is 6.21 Å². The average molecular weight is 160 g/mol. The number of oxime groups is 1. The molecule has 0 fully saturated rings. The Hall–Kier alpha value is -0.500. The second kappa shape index (κ2) is 3.62. The van der Waals surface area contributed by atoms with Gasteiger partial charge in [0.05, 0.1) is 0 Å². The third kappa shape index (κ3) is 2.03. The maximum atomic E-state index is 5.69. The van der Waals surface area contributed by atoms with Crippen LogP contribution in [0, 0.1) is 0 Å². The second-order valence-corrected chi connectivity index (χ2v) is 2.67. The van der Waals surface area contributed by atoms with Gasteiger partial charge in [-0.15, -0.1) is 0 Å². The van der Waals surface area contributed by atoms with E-state index in [1.165, 1.54) is 0 Å². The third-order valence-electron chi connectivity index (χ3n) is 1.43. The summed E-state index contributed by atoms with van der Waals surface area (Å²) in [6, 6.07) is 0. The minimum atomic E-state index is 0.427. The molecule has 0 amide bonds. The lowest BCUT2D eigenvalue weighted by Gasteiger charge is -2.04. The van der Waals surface area contributed by atoms with Gasteiger partial charge in [0.15, 0.2) is 0 Å². The predicted molar refractivity (Wildman–Crippen MR) is 42.0 cm³/mol. The quantitative estimate of drug-likeness (QED) is 0.533. The number of allylic oxidation sites excluding steroid dienone is 1. The van der Waals surface area contributed by atoms with Crippen LogP contribution in [0.25, 0.3) is 0 Å². The average Bonchev–Trinajstić information content (AvgIpc) is 1.92. The number of rotatable bonds is 0. The standard InChI is InChI=1S/C7H10ClNO/c1-6-4-2-3-5-9-10-7(6)8/h5H,2-4H2,1H3/b7-6-,9-5+. The summed E-state index contributed by atoms with van der Waals surface area (Å²) in [4.78, 5) is 4.81. The van der Waals surface area contributed by atoms with Crippen LogP contribution in [0.5, 0.6) is 0 Å². The largest absolute Gasteiger partial charge is 0.345 e. The van der Waals surface area contributed by atoms with Crippen LogP contribution in [0.15, 0.2) is 15.9 Å². The summed E-state index contributed by atoms with van der Waals surface area (Å²) in [5.41, 5.74) is 1.08. The summed E-state index contributed by atoms with van der Waals surface area (Å²) >= 11 is 5.69. The van der Waals surface area contributed by atoms with E-state index < -0.39 is 0 Å². The first-order chi connectivity index (χ1) is 4.80. The van der Waals surface area contributed by atoms with Gasteiger partial charge in [-0.3, -0.25) is 0 Å². The Morgan fingerprint density at radius 3 is 3.30 bits per heavy atom. The molecule has 0 unspecified atom stereocenters. The molecule has 2 nitrogen and oxygen atoms in total. The summed E-state index contributed by atoms with van der Waals surface area (Å²) in [5, 5.41) is 4.07. The molecule has 10 heavy (non-hydrogen) atoms. The lowest BCUT2D eigenvalue weighted by Crippen LogP contribution is -1.90. The molecule has 0 saturated carbocycles. The molecule has 0 radical (unpaired) electrons. The van der Waals surface area contributed by atoms with Crippen molar-refractivity contribution in [1.82, 2.24) is 0 Å². The molecule has 0 atom stereocenters. The van der Waals surface area contributed by atoms with E-state index >= 15 is 0 Å². The molecule has 0 aliphatic carbocycles. The molecule has 1 heterocycles. The van der Waals surface area contributed by atoms with Gasteiger partial charge in [-0.2, -0.15) is 0 Å². The molecular weight excluding hydrogens is 150 g/mol. The lowest BCUT2D eigenvalue weighted by atomic mass is 10.1. The molecule has 0 spiro atoms. The van der Waals surface area contributed by atoms with Crippen LogP contribution in [-0.2, 0) is 4.84 Å². The van der Waals surface area contributed by atoms with Gasteiger partial charge in [-0.25, -0.2) is 0 Å². The van der Waals surface area contributed by atoms with E-state index in [4.69, 9.17) is 16.4 Å². The van der Waals surface area contributed by atoms with E-state index in [-0.39, 0.29) is 0 Å². The molecule has 56 valence electrons. The van der Waals surface area contributed by atoms with E-state index in [0.29, 0.717) is 5.22 Å². The van der Waals surface area contributed by atoms with Gasteiger partial charge >= 0.3 is 0 Å². The van der Waals surface area contributed by atoms with Crippen molar-refractivity contribution in [1.29, 1.82) is 0 Å². The van der Waals surface area contributed by atoms with E-state index in [1.807, 2.05) is 6.92 Å². The fourth-order valence-corrected chi connectivity index (χ4v) is 0.905. The Labute approximate surface area is 65.5 Å². The molecule has 1 aliphatic rings. The molecule has 0 bridgehead atoms. The maximum Gasteiger partial charge on any atom is 0.223 e. The zero-order valence-corrected chi connectivity index (χ0v) is 6.69. The van der Waals surface area contributed by atoms with Crippen molar-refractivity contribution in [2.45, 2.75) is 26.2 Å². The summed E-state index contributed by atoms with van der Waals surface area (Å²) in [7, 11) is 0. The van der Waals surface area contributed by atoms with Gasteiger partial charge in [-0.1, -0.05) is 5.16 Å². The Balaban J connectivity index is 2.62. The number of hydrogen-bond donors (Lipinski definition) is 0. The summed E-state index contributed by atoms with van der Waals surface area (Å²) < 4.78 is 0. The first-order valence-electron chi connectivity index (χ1n) is 3.35. The van der Waals surface area contributed by atoms with Crippen molar-refractivity contribution in [2.24, 2.45) is 5.16 Å².